The van der Waals surface area contributed by atoms with Crippen molar-refractivity contribution in [2.75, 3.05) is 5.32 Å². The number of hydrogen-bond acceptors (Lipinski definition) is 3. The first kappa shape index (κ1) is 12.9. The lowest BCUT2D eigenvalue weighted by Gasteiger charge is -2.08. The van der Waals surface area contributed by atoms with Crippen molar-refractivity contribution in [1.82, 2.24) is 9.78 Å². The van der Waals surface area contributed by atoms with E-state index in [0.29, 0.717) is 15.6 Å². The highest BCUT2D eigenvalue weighted by Gasteiger charge is 2.06. The van der Waals surface area contributed by atoms with Crippen molar-refractivity contribution in [2.24, 2.45) is 12.8 Å². The topological polar surface area (TPSA) is 55.9 Å². The summed E-state index contributed by atoms with van der Waals surface area (Å²) in [5, 5.41) is 8.02. The first-order valence-electron chi connectivity index (χ1n) is 5.34. The lowest BCUT2D eigenvalue weighted by atomic mass is 10.2. The molecule has 18 heavy (non-hydrogen) atoms. The Morgan fingerprint density at radius 3 is 2.67 bits per heavy atom. The number of halogens is 1. The number of nitrogens with zero attached hydrogens (tertiary/aromatic N) is 2. The minimum absolute atomic E-state index is 0.294. The molecule has 1 heterocycles. The molecule has 4 nitrogen and oxygen atoms in total. The predicted octanol–water partition coefficient (Wildman–Crippen LogP) is 2.76. The molecule has 0 aliphatic carbocycles. The monoisotopic (exact) mass is 280 g/mol. The Morgan fingerprint density at radius 1 is 1.44 bits per heavy atom. The quantitative estimate of drug-likeness (QED) is 0.849. The fourth-order valence-electron chi connectivity index (χ4n) is 1.67. The molecule has 0 amide bonds. The summed E-state index contributed by atoms with van der Waals surface area (Å²) in [6.45, 7) is 1.94. The van der Waals surface area contributed by atoms with Crippen LogP contribution in [0, 0.1) is 6.92 Å². The molecule has 94 valence electrons. The molecule has 0 aliphatic heterocycles. The highest BCUT2D eigenvalue weighted by molar-refractivity contribution is 7.80. The molecule has 2 rings (SSSR count). The zero-order valence-corrected chi connectivity index (χ0v) is 11.6. The molecular weight excluding hydrogens is 268 g/mol. The van der Waals surface area contributed by atoms with Crippen LogP contribution in [0.5, 0.6) is 0 Å². The van der Waals surface area contributed by atoms with Crippen LogP contribution in [0.25, 0.3) is 0 Å². The molecule has 0 atom stereocenters. The van der Waals surface area contributed by atoms with Crippen LogP contribution < -0.4 is 11.1 Å². The summed E-state index contributed by atoms with van der Waals surface area (Å²) in [7, 11) is 1.88. The molecule has 0 radical (unpaired) electrons. The van der Waals surface area contributed by atoms with Crippen LogP contribution in [0.1, 0.15) is 11.3 Å². The van der Waals surface area contributed by atoms with Crippen LogP contribution >= 0.6 is 23.8 Å². The lowest BCUT2D eigenvalue weighted by molar-refractivity contribution is 0.765. The highest BCUT2D eigenvalue weighted by atomic mass is 35.5. The highest BCUT2D eigenvalue weighted by Crippen LogP contribution is 2.23. The Bertz CT molecular complexity index is 606. The van der Waals surface area contributed by atoms with Crippen LogP contribution in [-0.2, 0) is 7.05 Å². The van der Waals surface area contributed by atoms with Crippen molar-refractivity contribution < 1.29 is 0 Å². The van der Waals surface area contributed by atoms with Gasteiger partial charge in [-0.1, -0.05) is 23.8 Å². The number of aryl methyl sites for hydroxylation is 2. The summed E-state index contributed by atoms with van der Waals surface area (Å²) in [6.07, 6.45) is 0. The summed E-state index contributed by atoms with van der Waals surface area (Å²) < 4.78 is 1.77. The average Bonchev–Trinajstić information content (AvgIpc) is 2.57. The van der Waals surface area contributed by atoms with Crippen LogP contribution in [0.15, 0.2) is 24.3 Å². The third-order valence-corrected chi connectivity index (χ3v) is 3.04. The molecule has 3 N–H and O–H groups in total. The lowest BCUT2D eigenvalue weighted by Crippen LogP contribution is -2.10. The van der Waals surface area contributed by atoms with Gasteiger partial charge in [-0.15, -0.1) is 0 Å². The maximum absolute atomic E-state index is 6.11. The number of benzene rings is 1. The normalized spacial score (nSPS) is 10.4. The fraction of sp³-hybridized carbons (Fsp3) is 0.167. The third kappa shape index (κ3) is 2.63. The number of aromatic nitrogens is 2. The van der Waals surface area contributed by atoms with E-state index in [1.807, 2.05) is 26.1 Å². The van der Waals surface area contributed by atoms with Crippen LogP contribution in [0.2, 0.25) is 5.02 Å². The van der Waals surface area contributed by atoms with E-state index in [0.717, 1.165) is 17.2 Å². The predicted molar refractivity (Wildman–Crippen MR) is 78.6 cm³/mol. The second-order valence-corrected chi connectivity index (χ2v) is 4.83. The molecule has 0 unspecified atom stereocenters. The molecule has 6 heteroatoms. The van der Waals surface area contributed by atoms with Gasteiger partial charge in [0.15, 0.2) is 0 Å². The maximum atomic E-state index is 6.11. The van der Waals surface area contributed by atoms with E-state index in [2.05, 4.69) is 10.4 Å². The Labute approximate surface area is 116 Å². The van der Waals surface area contributed by atoms with Gasteiger partial charge >= 0.3 is 0 Å². The minimum Gasteiger partial charge on any atom is -0.389 e. The van der Waals surface area contributed by atoms with E-state index >= 15 is 0 Å². The van der Waals surface area contributed by atoms with Crippen molar-refractivity contribution in [3.05, 3.63) is 40.5 Å². The van der Waals surface area contributed by atoms with E-state index < -0.39 is 0 Å². The zero-order valence-electron chi connectivity index (χ0n) is 10.1. The molecule has 0 saturated carbocycles. The van der Waals surface area contributed by atoms with E-state index in [1.165, 1.54) is 0 Å². The fourth-order valence-corrected chi connectivity index (χ4v) is 2.18. The summed E-state index contributed by atoms with van der Waals surface area (Å²) in [6, 6.07) is 7.42. The molecular formula is C12H13ClN4S. The van der Waals surface area contributed by atoms with E-state index in [4.69, 9.17) is 29.6 Å². The molecule has 1 aromatic heterocycles. The van der Waals surface area contributed by atoms with Crippen LogP contribution in [0.4, 0.5) is 11.5 Å². The van der Waals surface area contributed by atoms with Crippen molar-refractivity contribution in [2.45, 2.75) is 6.92 Å². The van der Waals surface area contributed by atoms with Crippen LogP contribution in [0.3, 0.4) is 0 Å². The van der Waals surface area contributed by atoms with Gasteiger partial charge in [-0.05, 0) is 25.1 Å². The van der Waals surface area contributed by atoms with Gasteiger partial charge < -0.3 is 11.1 Å². The molecule has 2 aromatic rings. The van der Waals surface area contributed by atoms with Crippen molar-refractivity contribution in [3.8, 4) is 0 Å². The van der Waals surface area contributed by atoms with E-state index in [1.54, 1.807) is 16.8 Å². The van der Waals surface area contributed by atoms with Crippen LogP contribution in [-0.4, -0.2) is 14.8 Å². The number of rotatable bonds is 3. The molecule has 0 fully saturated rings. The first-order chi connectivity index (χ1) is 8.47. The molecule has 0 spiro atoms. The van der Waals surface area contributed by atoms with Gasteiger partial charge in [-0.3, -0.25) is 4.68 Å². The molecule has 0 bridgehead atoms. The van der Waals surface area contributed by atoms with Crippen molar-refractivity contribution >= 4 is 40.3 Å². The van der Waals surface area contributed by atoms with Gasteiger partial charge in [0.1, 0.15) is 10.8 Å². The van der Waals surface area contributed by atoms with E-state index in [9.17, 15) is 0 Å². The molecule has 0 saturated heterocycles. The zero-order chi connectivity index (χ0) is 13.3. The Morgan fingerprint density at radius 2 is 2.17 bits per heavy atom. The number of nitrogens with one attached hydrogen (secondary N) is 1. The maximum Gasteiger partial charge on any atom is 0.128 e. The van der Waals surface area contributed by atoms with E-state index in [-0.39, 0.29) is 0 Å². The summed E-state index contributed by atoms with van der Waals surface area (Å²) >= 11 is 11.0. The van der Waals surface area contributed by atoms with Gasteiger partial charge in [-0.2, -0.15) is 5.10 Å². The van der Waals surface area contributed by atoms with Gasteiger partial charge in [0, 0.05) is 24.4 Å². The summed E-state index contributed by atoms with van der Waals surface area (Å²) in [5.41, 5.74) is 8.05. The number of thiocarbonyl (C=S) groups is 1. The van der Waals surface area contributed by atoms with Crippen molar-refractivity contribution in [1.29, 1.82) is 0 Å². The number of nitrogens with two attached hydrogens (primary N) is 1. The molecule has 1 aromatic carbocycles. The Balaban J connectivity index is 2.28. The summed E-state index contributed by atoms with van der Waals surface area (Å²) in [4.78, 5) is 0.294. The number of hydrogen-bond donors (Lipinski definition) is 2. The Kier molecular flexibility index (Phi) is 3.54. The SMILES string of the molecule is Cc1cc(Nc2ccc(C(N)=S)c(Cl)c2)n(C)n1. The standard InChI is InChI=1S/C12H13ClN4S/c1-7-5-11(17(2)16-7)15-8-3-4-9(12(14)18)10(13)6-8/h3-6,15H,1-2H3,(H2,14,18). The minimum atomic E-state index is 0.294. The number of anilines is 2. The summed E-state index contributed by atoms with van der Waals surface area (Å²) in [5.74, 6) is 0.895. The second kappa shape index (κ2) is 4.96. The van der Waals surface area contributed by atoms with Gasteiger partial charge in [0.2, 0.25) is 0 Å². The smallest absolute Gasteiger partial charge is 0.128 e. The largest absolute Gasteiger partial charge is 0.389 e. The van der Waals surface area contributed by atoms with Crippen molar-refractivity contribution in [3.63, 3.8) is 0 Å². The molecule has 0 aliphatic rings. The first-order valence-corrected chi connectivity index (χ1v) is 6.13. The average molecular weight is 281 g/mol. The third-order valence-electron chi connectivity index (χ3n) is 2.51. The second-order valence-electron chi connectivity index (χ2n) is 3.98. The van der Waals surface area contributed by atoms with Gasteiger partial charge in [-0.25, -0.2) is 0 Å². The Hall–Kier alpha value is -1.59. The van der Waals surface area contributed by atoms with Gasteiger partial charge in [0.05, 0.1) is 10.7 Å². The van der Waals surface area contributed by atoms with Gasteiger partial charge in [0.25, 0.3) is 0 Å².